The molecule has 5 heteroatoms. The zero-order valence-corrected chi connectivity index (χ0v) is 16.2. The molecule has 0 N–H and O–H groups in total. The van der Waals surface area contributed by atoms with Crippen LogP contribution in [0.4, 0.5) is 0 Å². The summed E-state index contributed by atoms with van der Waals surface area (Å²) in [7, 11) is 0. The normalized spacial score (nSPS) is 18.9. The molecule has 1 heterocycles. The third-order valence-electron chi connectivity index (χ3n) is 4.73. The van der Waals surface area contributed by atoms with Crippen molar-refractivity contribution in [3.8, 4) is 6.07 Å². The van der Waals surface area contributed by atoms with Crippen LogP contribution in [-0.4, -0.2) is 29.7 Å². The third kappa shape index (κ3) is 4.41. The van der Waals surface area contributed by atoms with Gasteiger partial charge in [-0.2, -0.15) is 5.26 Å². The maximum Gasteiger partial charge on any atom is 0.220 e. The summed E-state index contributed by atoms with van der Waals surface area (Å²) in [6.45, 7) is 4.34. The van der Waals surface area contributed by atoms with E-state index in [0.717, 1.165) is 11.1 Å². The highest BCUT2D eigenvalue weighted by Gasteiger charge is 2.36. The Balaban J connectivity index is 2.03. The van der Waals surface area contributed by atoms with Crippen molar-refractivity contribution in [2.75, 3.05) is 6.61 Å². The zero-order valence-electron chi connectivity index (χ0n) is 16.2. The number of hydrogen-bond donors (Lipinski definition) is 0. The predicted octanol–water partition coefficient (Wildman–Crippen LogP) is 4.12. The molecule has 0 bridgehead atoms. The smallest absolute Gasteiger partial charge is 0.220 e. The number of carbonyl (C=O) groups is 1. The van der Waals surface area contributed by atoms with Crippen molar-refractivity contribution in [3.05, 3.63) is 77.4 Å². The maximum absolute atomic E-state index is 12.5. The molecule has 1 amide bonds. The van der Waals surface area contributed by atoms with Gasteiger partial charge in [0.25, 0.3) is 0 Å². The molecule has 0 radical (unpaired) electrons. The summed E-state index contributed by atoms with van der Waals surface area (Å²) in [5, 5.41) is 9.94. The number of rotatable bonds is 6. The summed E-state index contributed by atoms with van der Waals surface area (Å²) in [6.07, 6.45) is -0.0978. The highest BCUT2D eigenvalue weighted by Crippen LogP contribution is 2.34. The Morgan fingerprint density at radius 3 is 2.39 bits per heavy atom. The van der Waals surface area contributed by atoms with Crippen LogP contribution in [-0.2, 0) is 20.8 Å². The molecular formula is C23H24N2O3. The lowest BCUT2D eigenvalue weighted by atomic mass is 9.95. The van der Waals surface area contributed by atoms with Gasteiger partial charge in [-0.25, -0.2) is 0 Å². The molecule has 0 saturated carbocycles. The number of benzene rings is 2. The van der Waals surface area contributed by atoms with Gasteiger partial charge in [-0.3, -0.25) is 4.79 Å². The third-order valence-corrected chi connectivity index (χ3v) is 4.73. The lowest BCUT2D eigenvalue weighted by Crippen LogP contribution is -2.45. The molecule has 0 saturated heterocycles. The molecule has 2 aromatic carbocycles. The Kier molecular flexibility index (Phi) is 6.46. The minimum Gasteiger partial charge on any atom is -0.463 e. The van der Waals surface area contributed by atoms with E-state index in [-0.39, 0.29) is 5.91 Å². The van der Waals surface area contributed by atoms with Crippen LogP contribution >= 0.6 is 0 Å². The molecule has 0 spiro atoms. The van der Waals surface area contributed by atoms with Crippen molar-refractivity contribution >= 4 is 11.7 Å². The lowest BCUT2D eigenvalue weighted by molar-refractivity contribution is -0.138. The summed E-state index contributed by atoms with van der Waals surface area (Å²) in [6, 6.07) is 21.1. The second-order valence-electron chi connectivity index (χ2n) is 6.61. The molecule has 0 fully saturated rings. The van der Waals surface area contributed by atoms with Gasteiger partial charge in [-0.05, 0) is 12.5 Å². The van der Waals surface area contributed by atoms with E-state index in [0.29, 0.717) is 30.9 Å². The molecule has 1 aliphatic heterocycles. The van der Waals surface area contributed by atoms with Crippen LogP contribution in [0.1, 0.15) is 31.4 Å². The van der Waals surface area contributed by atoms with Gasteiger partial charge in [0.1, 0.15) is 11.8 Å². The first-order valence-corrected chi connectivity index (χ1v) is 9.43. The average Bonchev–Trinajstić information content (AvgIpc) is 2.73. The van der Waals surface area contributed by atoms with Crippen molar-refractivity contribution in [2.45, 2.75) is 39.1 Å². The highest BCUT2D eigenvalue weighted by atomic mass is 16.7. The van der Waals surface area contributed by atoms with E-state index in [9.17, 15) is 10.1 Å². The Morgan fingerprint density at radius 1 is 1.18 bits per heavy atom. The molecular weight excluding hydrogens is 352 g/mol. The Hall–Kier alpha value is -3.10. The van der Waals surface area contributed by atoms with E-state index >= 15 is 0 Å². The van der Waals surface area contributed by atoms with Gasteiger partial charge in [0.05, 0.1) is 11.6 Å². The average molecular weight is 376 g/mol. The van der Waals surface area contributed by atoms with Crippen LogP contribution < -0.4 is 0 Å². The second kappa shape index (κ2) is 9.20. The first kappa shape index (κ1) is 19.7. The zero-order chi connectivity index (χ0) is 19.9. The van der Waals surface area contributed by atoms with Crippen molar-refractivity contribution in [1.82, 2.24) is 4.90 Å². The minimum absolute atomic E-state index is 0.0915. The fourth-order valence-corrected chi connectivity index (χ4v) is 3.42. The van der Waals surface area contributed by atoms with Gasteiger partial charge in [-0.15, -0.1) is 0 Å². The number of ether oxygens (including phenoxy) is 2. The van der Waals surface area contributed by atoms with Gasteiger partial charge < -0.3 is 14.4 Å². The van der Waals surface area contributed by atoms with E-state index in [2.05, 4.69) is 6.07 Å². The molecule has 2 aromatic rings. The molecule has 28 heavy (non-hydrogen) atoms. The van der Waals surface area contributed by atoms with Crippen LogP contribution in [0.3, 0.4) is 0 Å². The van der Waals surface area contributed by atoms with Gasteiger partial charge in [0.2, 0.25) is 12.2 Å². The molecule has 5 nitrogen and oxygen atoms in total. The number of nitrogens with zero attached hydrogens (tertiary/aromatic N) is 2. The van der Waals surface area contributed by atoms with Gasteiger partial charge >= 0.3 is 0 Å². The topological polar surface area (TPSA) is 62.6 Å². The van der Waals surface area contributed by atoms with E-state index in [1.165, 1.54) is 6.92 Å². The van der Waals surface area contributed by atoms with E-state index in [4.69, 9.17) is 9.47 Å². The summed E-state index contributed by atoms with van der Waals surface area (Å²) < 4.78 is 11.8. The lowest BCUT2D eigenvalue weighted by Gasteiger charge is -2.38. The fraction of sp³-hybridized carbons (Fsp3) is 0.304. The van der Waals surface area contributed by atoms with Gasteiger partial charge in [0, 0.05) is 32.1 Å². The molecule has 1 aliphatic rings. The first-order valence-electron chi connectivity index (χ1n) is 9.43. The Morgan fingerprint density at radius 2 is 1.82 bits per heavy atom. The van der Waals surface area contributed by atoms with E-state index in [1.807, 2.05) is 67.6 Å². The van der Waals surface area contributed by atoms with Crippen LogP contribution in [0.2, 0.25) is 0 Å². The van der Waals surface area contributed by atoms with Crippen molar-refractivity contribution in [3.63, 3.8) is 0 Å². The predicted molar refractivity (Wildman–Crippen MR) is 107 cm³/mol. The fourth-order valence-electron chi connectivity index (χ4n) is 3.42. The van der Waals surface area contributed by atoms with Crippen molar-refractivity contribution in [2.24, 2.45) is 0 Å². The van der Waals surface area contributed by atoms with E-state index in [1.54, 1.807) is 4.90 Å². The summed E-state index contributed by atoms with van der Waals surface area (Å²) >= 11 is 0. The molecule has 3 rings (SSSR count). The summed E-state index contributed by atoms with van der Waals surface area (Å²) in [4.78, 5) is 14.3. The number of amides is 1. The SMILES string of the molecule is CCO[C@H]1C[C@H](N(Cc2ccccc2)C(C)=O)C(C#N)=C(c2ccccc2)O1. The molecule has 144 valence electrons. The van der Waals surface area contributed by atoms with Crippen LogP contribution in [0.25, 0.3) is 5.76 Å². The van der Waals surface area contributed by atoms with E-state index < -0.39 is 12.3 Å². The standard InChI is InChI=1S/C23H24N2O3/c1-3-27-22-14-21(25(17(2)26)16-18-10-6-4-7-11-18)20(15-24)23(28-22)19-12-8-5-9-13-19/h4-13,21-22H,3,14,16H2,1-2H3/t21-,22+/m0/s1. The highest BCUT2D eigenvalue weighted by molar-refractivity contribution is 5.76. The largest absolute Gasteiger partial charge is 0.463 e. The summed E-state index contributed by atoms with van der Waals surface area (Å²) in [5.74, 6) is 0.392. The number of hydrogen-bond acceptors (Lipinski definition) is 4. The van der Waals surface area contributed by atoms with Crippen LogP contribution in [0, 0.1) is 11.3 Å². The maximum atomic E-state index is 12.5. The van der Waals surface area contributed by atoms with Crippen molar-refractivity contribution in [1.29, 1.82) is 5.26 Å². The van der Waals surface area contributed by atoms with Crippen LogP contribution in [0.5, 0.6) is 0 Å². The molecule has 0 aliphatic carbocycles. The Bertz CT molecular complexity index is 872. The number of carbonyl (C=O) groups excluding carboxylic acids is 1. The van der Waals surface area contributed by atoms with Crippen LogP contribution in [0.15, 0.2) is 66.2 Å². The van der Waals surface area contributed by atoms with Gasteiger partial charge in [0.15, 0.2) is 0 Å². The number of nitriles is 1. The first-order chi connectivity index (χ1) is 13.6. The minimum atomic E-state index is -0.514. The quantitative estimate of drug-likeness (QED) is 0.761. The molecule has 2 atom stereocenters. The second-order valence-corrected chi connectivity index (χ2v) is 6.61. The molecule has 0 unspecified atom stereocenters. The van der Waals surface area contributed by atoms with Gasteiger partial charge in [-0.1, -0.05) is 60.7 Å². The summed E-state index contributed by atoms with van der Waals surface area (Å²) in [5.41, 5.74) is 2.26. The Labute approximate surface area is 165 Å². The monoisotopic (exact) mass is 376 g/mol. The molecule has 0 aromatic heterocycles. The van der Waals surface area contributed by atoms with Crippen molar-refractivity contribution < 1.29 is 14.3 Å².